The number of carbonyl (C=O) groups is 2. The number of thiophene rings is 1. The number of H-pyrrole nitrogens is 1. The summed E-state index contributed by atoms with van der Waals surface area (Å²) in [6, 6.07) is 5.46. The van der Waals surface area contributed by atoms with Crippen LogP contribution in [0.15, 0.2) is 29.8 Å². The van der Waals surface area contributed by atoms with Crippen molar-refractivity contribution in [3.05, 3.63) is 45.9 Å². The summed E-state index contributed by atoms with van der Waals surface area (Å²) in [6.45, 7) is 1.97. The van der Waals surface area contributed by atoms with Crippen LogP contribution in [0.4, 0.5) is 0 Å². The molecule has 0 aromatic carbocycles. The minimum Gasteiger partial charge on any atom is -0.356 e. The van der Waals surface area contributed by atoms with Crippen LogP contribution in [0.5, 0.6) is 0 Å². The minimum absolute atomic E-state index is 0.0569. The van der Waals surface area contributed by atoms with Crippen molar-refractivity contribution in [1.82, 2.24) is 10.3 Å². The largest absolute Gasteiger partial charge is 0.356 e. The smallest absolute Gasteiger partial charge is 0.268 e. The fraction of sp³-hybridized carbons (Fsp3) is 0.167. The number of amides is 1. The Labute approximate surface area is 103 Å². The van der Waals surface area contributed by atoms with E-state index in [0.29, 0.717) is 17.8 Å². The number of nitrogens with one attached hydrogen (secondary N) is 2. The number of aromatic amines is 1. The van der Waals surface area contributed by atoms with Crippen molar-refractivity contribution in [1.29, 1.82) is 0 Å². The molecule has 0 atom stereocenters. The number of ketones is 1. The van der Waals surface area contributed by atoms with E-state index in [4.69, 9.17) is 0 Å². The highest BCUT2D eigenvalue weighted by Gasteiger charge is 2.10. The van der Waals surface area contributed by atoms with E-state index in [9.17, 15) is 9.59 Å². The van der Waals surface area contributed by atoms with Gasteiger partial charge in [0.25, 0.3) is 5.91 Å². The van der Waals surface area contributed by atoms with Crippen LogP contribution in [-0.2, 0) is 6.54 Å². The number of rotatable bonds is 4. The molecule has 2 aromatic rings. The van der Waals surface area contributed by atoms with Crippen LogP contribution in [0, 0.1) is 0 Å². The van der Waals surface area contributed by atoms with E-state index in [1.54, 1.807) is 23.6 Å². The molecule has 0 aliphatic rings. The topological polar surface area (TPSA) is 62.0 Å². The highest BCUT2D eigenvalue weighted by Crippen LogP contribution is 2.08. The third-order valence-electron chi connectivity index (χ3n) is 2.34. The molecule has 88 valence electrons. The normalized spacial score (nSPS) is 10.2. The molecule has 1 amide bonds. The summed E-state index contributed by atoms with van der Waals surface area (Å²) >= 11 is 1.59. The molecule has 0 unspecified atom stereocenters. The zero-order valence-corrected chi connectivity index (χ0v) is 10.1. The Morgan fingerprint density at radius 2 is 2.29 bits per heavy atom. The number of Topliss-reactive ketones (excluding diaryl/α,β-unsaturated/α-hetero) is 1. The molecule has 0 fully saturated rings. The summed E-state index contributed by atoms with van der Waals surface area (Å²) in [6.07, 6.45) is 1.54. The van der Waals surface area contributed by atoms with E-state index >= 15 is 0 Å². The van der Waals surface area contributed by atoms with Gasteiger partial charge in [0.2, 0.25) is 0 Å². The SMILES string of the molecule is CC(=O)c1c[nH]c(C(=O)NCc2cccs2)c1. The molecular formula is C12H12N2O2S. The molecule has 0 saturated carbocycles. The molecule has 4 nitrogen and oxygen atoms in total. The molecule has 17 heavy (non-hydrogen) atoms. The summed E-state index contributed by atoms with van der Waals surface area (Å²) in [5.74, 6) is -0.260. The predicted molar refractivity (Wildman–Crippen MR) is 66.3 cm³/mol. The average molecular weight is 248 g/mol. The number of hydrogen-bond donors (Lipinski definition) is 2. The number of hydrogen-bond acceptors (Lipinski definition) is 3. The van der Waals surface area contributed by atoms with Gasteiger partial charge in [-0.15, -0.1) is 11.3 Å². The third-order valence-corrected chi connectivity index (χ3v) is 3.21. The van der Waals surface area contributed by atoms with Crippen LogP contribution in [0.2, 0.25) is 0 Å². The Morgan fingerprint density at radius 3 is 2.88 bits per heavy atom. The van der Waals surface area contributed by atoms with Gasteiger partial charge in [0.1, 0.15) is 5.69 Å². The van der Waals surface area contributed by atoms with Gasteiger partial charge >= 0.3 is 0 Å². The molecule has 0 aliphatic heterocycles. The van der Waals surface area contributed by atoms with Crippen LogP contribution in [0.3, 0.4) is 0 Å². The Balaban J connectivity index is 1.97. The van der Waals surface area contributed by atoms with E-state index in [1.807, 2.05) is 17.5 Å². The summed E-state index contributed by atoms with van der Waals surface area (Å²) < 4.78 is 0. The van der Waals surface area contributed by atoms with Gasteiger partial charge in [-0.1, -0.05) is 6.07 Å². The first-order chi connectivity index (χ1) is 8.16. The van der Waals surface area contributed by atoms with Crippen LogP contribution < -0.4 is 5.32 Å². The van der Waals surface area contributed by atoms with E-state index in [0.717, 1.165) is 4.88 Å². The molecule has 2 N–H and O–H groups in total. The van der Waals surface area contributed by atoms with Gasteiger partial charge in [-0.3, -0.25) is 9.59 Å². The maximum atomic E-state index is 11.7. The van der Waals surface area contributed by atoms with Crippen molar-refractivity contribution in [2.24, 2.45) is 0 Å². The number of aromatic nitrogens is 1. The van der Waals surface area contributed by atoms with E-state index in [1.165, 1.54) is 6.92 Å². The summed E-state index contributed by atoms with van der Waals surface area (Å²) in [4.78, 5) is 26.7. The lowest BCUT2D eigenvalue weighted by atomic mass is 10.2. The van der Waals surface area contributed by atoms with Crippen molar-refractivity contribution in [3.63, 3.8) is 0 Å². The Bertz CT molecular complexity index is 528. The van der Waals surface area contributed by atoms with Gasteiger partial charge in [-0.25, -0.2) is 0 Å². The fourth-order valence-corrected chi connectivity index (χ4v) is 2.05. The molecule has 5 heteroatoms. The zero-order valence-electron chi connectivity index (χ0n) is 9.32. The Morgan fingerprint density at radius 1 is 1.47 bits per heavy atom. The van der Waals surface area contributed by atoms with Crippen LogP contribution in [0.25, 0.3) is 0 Å². The monoisotopic (exact) mass is 248 g/mol. The molecule has 2 heterocycles. The van der Waals surface area contributed by atoms with Crippen molar-refractivity contribution in [2.45, 2.75) is 13.5 Å². The van der Waals surface area contributed by atoms with Crippen LogP contribution in [-0.4, -0.2) is 16.7 Å². The van der Waals surface area contributed by atoms with E-state index < -0.39 is 0 Å². The lowest BCUT2D eigenvalue weighted by molar-refractivity contribution is 0.0946. The van der Waals surface area contributed by atoms with Crippen molar-refractivity contribution >= 4 is 23.0 Å². The second kappa shape index (κ2) is 4.97. The molecule has 0 bridgehead atoms. The van der Waals surface area contributed by atoms with Crippen molar-refractivity contribution in [2.75, 3.05) is 0 Å². The summed E-state index contributed by atoms with van der Waals surface area (Å²) in [5.41, 5.74) is 0.929. The van der Waals surface area contributed by atoms with Crippen molar-refractivity contribution in [3.8, 4) is 0 Å². The molecule has 0 radical (unpaired) electrons. The number of carbonyl (C=O) groups excluding carboxylic acids is 2. The maximum absolute atomic E-state index is 11.7. The lowest BCUT2D eigenvalue weighted by Crippen LogP contribution is -2.22. The molecule has 2 aromatic heterocycles. The molecular weight excluding hydrogens is 236 g/mol. The van der Waals surface area contributed by atoms with Gasteiger partial charge in [0.05, 0.1) is 6.54 Å². The highest BCUT2D eigenvalue weighted by molar-refractivity contribution is 7.09. The summed E-state index contributed by atoms with van der Waals surface area (Å²) in [5, 5.41) is 4.74. The average Bonchev–Trinajstić information content (AvgIpc) is 2.96. The van der Waals surface area contributed by atoms with E-state index in [-0.39, 0.29) is 11.7 Å². The molecule has 0 saturated heterocycles. The molecule has 0 aliphatic carbocycles. The van der Waals surface area contributed by atoms with Crippen LogP contribution in [0.1, 0.15) is 32.6 Å². The molecule has 2 rings (SSSR count). The Hall–Kier alpha value is -1.88. The third kappa shape index (κ3) is 2.82. The molecule has 0 spiro atoms. The Kier molecular flexibility index (Phi) is 3.39. The predicted octanol–water partition coefficient (Wildman–Crippen LogP) is 2.21. The standard InChI is InChI=1S/C12H12N2O2S/c1-8(15)9-5-11(13-6-9)12(16)14-7-10-3-2-4-17-10/h2-6,13H,7H2,1H3,(H,14,16). The van der Waals surface area contributed by atoms with Gasteiger partial charge in [0, 0.05) is 16.6 Å². The van der Waals surface area contributed by atoms with Crippen molar-refractivity contribution < 1.29 is 9.59 Å². The first-order valence-corrected chi connectivity index (χ1v) is 6.04. The first kappa shape index (κ1) is 11.6. The maximum Gasteiger partial charge on any atom is 0.268 e. The lowest BCUT2D eigenvalue weighted by Gasteiger charge is -2.00. The van der Waals surface area contributed by atoms with Crippen LogP contribution >= 0.6 is 11.3 Å². The van der Waals surface area contributed by atoms with E-state index in [2.05, 4.69) is 10.3 Å². The quantitative estimate of drug-likeness (QED) is 0.815. The first-order valence-electron chi connectivity index (χ1n) is 5.17. The fourth-order valence-electron chi connectivity index (χ4n) is 1.40. The van der Waals surface area contributed by atoms with Gasteiger partial charge < -0.3 is 10.3 Å². The summed E-state index contributed by atoms with van der Waals surface area (Å²) in [7, 11) is 0. The second-order valence-corrected chi connectivity index (χ2v) is 4.65. The minimum atomic E-state index is -0.203. The zero-order chi connectivity index (χ0) is 12.3. The van der Waals surface area contributed by atoms with Gasteiger partial charge in [-0.2, -0.15) is 0 Å². The highest BCUT2D eigenvalue weighted by atomic mass is 32.1. The van der Waals surface area contributed by atoms with Gasteiger partial charge in [0.15, 0.2) is 5.78 Å². The second-order valence-electron chi connectivity index (χ2n) is 3.62. The van der Waals surface area contributed by atoms with Gasteiger partial charge in [-0.05, 0) is 24.4 Å².